The molecule has 7 heteroatoms. The van der Waals surface area contributed by atoms with Gasteiger partial charge in [0, 0.05) is 51.7 Å². The molecular formula is C21H40IN5O. The molecule has 1 amide bonds. The number of nitrogens with one attached hydrogen (secondary N) is 2. The Bertz CT molecular complexity index is 485. The van der Waals surface area contributed by atoms with Crippen molar-refractivity contribution in [1.29, 1.82) is 0 Å². The van der Waals surface area contributed by atoms with Gasteiger partial charge in [-0.2, -0.15) is 0 Å². The van der Waals surface area contributed by atoms with Crippen molar-refractivity contribution < 1.29 is 4.79 Å². The first-order valence-corrected chi connectivity index (χ1v) is 10.3. The van der Waals surface area contributed by atoms with Crippen molar-refractivity contribution in [3.8, 4) is 0 Å². The summed E-state index contributed by atoms with van der Waals surface area (Å²) >= 11 is 0. The molecule has 1 aliphatic heterocycles. The Morgan fingerprint density at radius 2 is 1.96 bits per heavy atom. The summed E-state index contributed by atoms with van der Waals surface area (Å²) in [4.78, 5) is 20.8. The molecule has 1 aliphatic rings. The van der Waals surface area contributed by atoms with Gasteiger partial charge < -0.3 is 15.5 Å². The normalized spacial score (nSPS) is 15.5. The van der Waals surface area contributed by atoms with Crippen LogP contribution in [0.25, 0.3) is 0 Å². The lowest BCUT2D eigenvalue weighted by Crippen LogP contribution is -2.44. The molecule has 0 aromatic heterocycles. The van der Waals surface area contributed by atoms with Gasteiger partial charge in [-0.05, 0) is 25.7 Å². The zero-order chi connectivity index (χ0) is 20.1. The number of guanidine groups is 1. The Labute approximate surface area is 188 Å². The van der Waals surface area contributed by atoms with Gasteiger partial charge in [-0.15, -0.1) is 37.1 Å². The van der Waals surface area contributed by atoms with E-state index < -0.39 is 0 Å². The van der Waals surface area contributed by atoms with Gasteiger partial charge in [0.05, 0.1) is 6.54 Å². The maximum atomic E-state index is 11.7. The molecule has 2 N–H and O–H groups in total. The van der Waals surface area contributed by atoms with E-state index in [9.17, 15) is 4.79 Å². The third-order valence-corrected chi connectivity index (χ3v) is 4.82. The second-order valence-corrected chi connectivity index (χ2v) is 7.33. The van der Waals surface area contributed by atoms with E-state index >= 15 is 0 Å². The number of likely N-dealkylation sites (tertiary alicyclic amines) is 1. The van der Waals surface area contributed by atoms with Crippen LogP contribution < -0.4 is 10.6 Å². The number of carbonyl (C=O) groups is 1. The van der Waals surface area contributed by atoms with E-state index in [0.29, 0.717) is 24.3 Å². The Kier molecular flexibility index (Phi) is 15.2. The first kappa shape index (κ1) is 26.9. The minimum absolute atomic E-state index is 0. The van der Waals surface area contributed by atoms with Crippen LogP contribution in [0.5, 0.6) is 0 Å². The Hall–Kier alpha value is -1.09. The van der Waals surface area contributed by atoms with E-state index in [-0.39, 0.29) is 24.0 Å². The number of carbonyl (C=O) groups excluding carboxylic acids is 1. The molecule has 0 radical (unpaired) electrons. The molecule has 162 valence electrons. The van der Waals surface area contributed by atoms with Crippen LogP contribution in [0.3, 0.4) is 0 Å². The highest BCUT2D eigenvalue weighted by Gasteiger charge is 2.20. The van der Waals surface area contributed by atoms with Gasteiger partial charge in [0.15, 0.2) is 5.96 Å². The van der Waals surface area contributed by atoms with Crippen LogP contribution in [-0.4, -0.2) is 73.5 Å². The number of halogens is 1. The van der Waals surface area contributed by atoms with Crippen LogP contribution in [0.1, 0.15) is 40.0 Å². The van der Waals surface area contributed by atoms with Gasteiger partial charge in [0.1, 0.15) is 0 Å². The van der Waals surface area contributed by atoms with Crippen LogP contribution in [0.2, 0.25) is 0 Å². The Morgan fingerprint density at radius 3 is 2.46 bits per heavy atom. The summed E-state index contributed by atoms with van der Waals surface area (Å²) in [6.45, 7) is 20.0. The molecule has 0 aliphatic carbocycles. The molecule has 28 heavy (non-hydrogen) atoms. The largest absolute Gasteiger partial charge is 0.357 e. The minimum atomic E-state index is 0. The number of amides is 1. The molecule has 1 heterocycles. The quantitative estimate of drug-likeness (QED) is 0.133. The van der Waals surface area contributed by atoms with Crippen molar-refractivity contribution in [2.45, 2.75) is 46.1 Å². The third kappa shape index (κ3) is 9.91. The molecule has 1 rings (SSSR count). The first-order valence-electron chi connectivity index (χ1n) is 10.3. The molecule has 6 nitrogen and oxygen atoms in total. The van der Waals surface area contributed by atoms with Gasteiger partial charge in [0.25, 0.3) is 0 Å². The standard InChI is InChI=1S/C21H39N5O.HI/c1-6-13-25(14-7-2)19(18(4)5)17-24-21(22-8-3)23-12-10-16-26-15-9-11-20(26)27;/h6-7,18-19H,1-2,8-17H2,3-5H3,(H2,22,23,24);1H. The number of nitrogens with zero attached hydrogens (tertiary/aromatic N) is 3. The molecule has 0 saturated carbocycles. The molecule has 1 atom stereocenters. The van der Waals surface area contributed by atoms with Crippen LogP contribution in [0.4, 0.5) is 0 Å². The third-order valence-electron chi connectivity index (χ3n) is 4.82. The SMILES string of the molecule is C=CCN(CC=C)C(CN=C(NCC)NCCCN1CCCC1=O)C(C)C.I. The lowest BCUT2D eigenvalue weighted by Gasteiger charge is -2.32. The van der Waals surface area contributed by atoms with Crippen molar-refractivity contribution in [2.24, 2.45) is 10.9 Å². The second kappa shape index (κ2) is 15.8. The Morgan fingerprint density at radius 1 is 1.29 bits per heavy atom. The Balaban J connectivity index is 0.00000729. The van der Waals surface area contributed by atoms with Gasteiger partial charge in [-0.1, -0.05) is 26.0 Å². The number of hydrogen-bond acceptors (Lipinski definition) is 3. The summed E-state index contributed by atoms with van der Waals surface area (Å²) in [5.41, 5.74) is 0. The van der Waals surface area contributed by atoms with Crippen LogP contribution in [0, 0.1) is 5.92 Å². The fourth-order valence-corrected chi connectivity index (χ4v) is 3.37. The molecule has 1 saturated heterocycles. The first-order chi connectivity index (χ1) is 13.0. The van der Waals surface area contributed by atoms with Crippen LogP contribution in [0.15, 0.2) is 30.3 Å². The summed E-state index contributed by atoms with van der Waals surface area (Å²) in [6.07, 6.45) is 6.51. The smallest absolute Gasteiger partial charge is 0.222 e. The highest BCUT2D eigenvalue weighted by Crippen LogP contribution is 2.12. The van der Waals surface area contributed by atoms with Crippen molar-refractivity contribution in [2.75, 3.05) is 45.8 Å². The zero-order valence-corrected chi connectivity index (χ0v) is 20.3. The van der Waals surface area contributed by atoms with Crippen LogP contribution in [-0.2, 0) is 4.79 Å². The summed E-state index contributed by atoms with van der Waals surface area (Å²) in [6, 6.07) is 0.332. The minimum Gasteiger partial charge on any atom is -0.357 e. The average molecular weight is 505 g/mol. The maximum absolute atomic E-state index is 11.7. The summed E-state index contributed by atoms with van der Waals surface area (Å²) < 4.78 is 0. The zero-order valence-electron chi connectivity index (χ0n) is 18.0. The molecule has 1 fully saturated rings. The summed E-state index contributed by atoms with van der Waals surface area (Å²) in [5.74, 6) is 1.62. The average Bonchev–Trinajstić information content (AvgIpc) is 3.03. The summed E-state index contributed by atoms with van der Waals surface area (Å²) in [7, 11) is 0. The van der Waals surface area contributed by atoms with E-state index in [4.69, 9.17) is 4.99 Å². The second-order valence-electron chi connectivity index (χ2n) is 7.33. The maximum Gasteiger partial charge on any atom is 0.222 e. The van der Waals surface area contributed by atoms with Crippen molar-refractivity contribution in [3.05, 3.63) is 25.3 Å². The topological polar surface area (TPSA) is 60.0 Å². The fraction of sp³-hybridized carbons (Fsp3) is 0.714. The lowest BCUT2D eigenvalue weighted by molar-refractivity contribution is -0.127. The molecule has 0 aromatic carbocycles. The molecular weight excluding hydrogens is 465 g/mol. The monoisotopic (exact) mass is 505 g/mol. The van der Waals surface area contributed by atoms with Crippen molar-refractivity contribution >= 4 is 35.8 Å². The predicted octanol–water partition coefficient (Wildman–Crippen LogP) is 2.87. The molecule has 0 spiro atoms. The number of hydrogen-bond donors (Lipinski definition) is 2. The highest BCUT2D eigenvalue weighted by molar-refractivity contribution is 14.0. The van der Waals surface area contributed by atoms with Crippen LogP contribution >= 0.6 is 24.0 Å². The molecule has 0 aromatic rings. The molecule has 1 unspecified atom stereocenters. The van der Waals surface area contributed by atoms with E-state index in [0.717, 1.165) is 64.6 Å². The van der Waals surface area contributed by atoms with E-state index in [1.54, 1.807) is 0 Å². The van der Waals surface area contributed by atoms with Crippen molar-refractivity contribution in [3.63, 3.8) is 0 Å². The lowest BCUT2D eigenvalue weighted by atomic mass is 10.0. The molecule has 0 bridgehead atoms. The highest BCUT2D eigenvalue weighted by atomic mass is 127. The van der Waals surface area contributed by atoms with Gasteiger partial charge in [-0.3, -0.25) is 14.7 Å². The van der Waals surface area contributed by atoms with Crippen molar-refractivity contribution in [1.82, 2.24) is 20.4 Å². The number of rotatable bonds is 13. The predicted molar refractivity (Wildman–Crippen MR) is 130 cm³/mol. The van der Waals surface area contributed by atoms with E-state index in [2.05, 4.69) is 49.5 Å². The fourth-order valence-electron chi connectivity index (χ4n) is 3.37. The van der Waals surface area contributed by atoms with Gasteiger partial charge >= 0.3 is 0 Å². The van der Waals surface area contributed by atoms with Gasteiger partial charge in [-0.25, -0.2) is 0 Å². The van der Waals surface area contributed by atoms with E-state index in [1.807, 2.05) is 17.1 Å². The summed E-state index contributed by atoms with van der Waals surface area (Å²) in [5, 5.41) is 6.72. The number of aliphatic imine (C=N–C) groups is 1. The van der Waals surface area contributed by atoms with E-state index in [1.165, 1.54) is 0 Å². The van der Waals surface area contributed by atoms with Gasteiger partial charge in [0.2, 0.25) is 5.91 Å².